The zero-order chi connectivity index (χ0) is 11.1. The monoisotopic (exact) mass is 322 g/mol. The van der Waals surface area contributed by atoms with Crippen LogP contribution in [0.1, 0.15) is 0 Å². The van der Waals surface area contributed by atoms with Gasteiger partial charge in [0, 0.05) is 0 Å². The molecule has 0 bridgehead atoms. The van der Waals surface area contributed by atoms with Crippen LogP contribution in [-0.2, 0) is 30.4 Å². The molecule has 0 aliphatic rings. The summed E-state index contributed by atoms with van der Waals surface area (Å²) in [5.41, 5.74) is 0. The molecule has 16 heavy (non-hydrogen) atoms. The van der Waals surface area contributed by atoms with Crippen molar-refractivity contribution in [1.82, 2.24) is 0 Å². The fraction of sp³-hybridized carbons (Fsp3) is 1.00. The standard InChI is InChI=1S/CH4O9S3.3Na/c2-11(3,4)1(12(5,6)7)13(8,9)10;;;/h1H,(H,2,3,4)(H,5,6,7)(H,8,9,10);;;/q;3*+1/p-3. The Bertz CT molecular complexity index is 408. The van der Waals surface area contributed by atoms with Gasteiger partial charge in [0.15, 0.2) is 0 Å². The quantitative estimate of drug-likeness (QED) is 0.361. The summed E-state index contributed by atoms with van der Waals surface area (Å²) in [6, 6.07) is 0. The summed E-state index contributed by atoms with van der Waals surface area (Å²) in [6.45, 7) is 0. The number of rotatable bonds is 3. The van der Waals surface area contributed by atoms with E-state index in [1.807, 2.05) is 0 Å². The molecule has 0 aromatic heterocycles. The summed E-state index contributed by atoms with van der Waals surface area (Å²) in [6.07, 6.45) is 0. The Morgan fingerprint density at radius 2 is 0.688 bits per heavy atom. The minimum absolute atomic E-state index is 0. The average molecular weight is 322 g/mol. The maximum Gasteiger partial charge on any atom is 1.00 e. The molecule has 0 amide bonds. The van der Waals surface area contributed by atoms with Crippen molar-refractivity contribution in [2.75, 3.05) is 0 Å². The third-order valence-corrected chi connectivity index (χ3v) is 6.36. The Morgan fingerprint density at radius 1 is 0.562 bits per heavy atom. The van der Waals surface area contributed by atoms with Gasteiger partial charge in [0.1, 0.15) is 30.4 Å². The maximum absolute atomic E-state index is 9.91. The number of hydrogen-bond donors (Lipinski definition) is 0. The Balaban J connectivity index is -0.000000240. The first kappa shape index (κ1) is 27.1. The fourth-order valence-corrected chi connectivity index (χ4v) is 3.90. The van der Waals surface area contributed by atoms with E-state index in [1.165, 1.54) is 0 Å². The molecular formula is CHNa3O9S3. The van der Waals surface area contributed by atoms with Crippen LogP contribution in [0.3, 0.4) is 0 Å². The van der Waals surface area contributed by atoms with E-state index in [1.54, 1.807) is 0 Å². The van der Waals surface area contributed by atoms with Gasteiger partial charge in [-0.1, -0.05) is 0 Å². The minimum atomic E-state index is -6.03. The number of hydrogen-bond acceptors (Lipinski definition) is 9. The van der Waals surface area contributed by atoms with Crippen LogP contribution >= 0.6 is 0 Å². The molecule has 0 aliphatic heterocycles. The third-order valence-electron chi connectivity index (χ3n) is 0.707. The van der Waals surface area contributed by atoms with E-state index in [4.69, 9.17) is 0 Å². The first-order valence-electron chi connectivity index (χ1n) is 2.21. The Labute approximate surface area is 159 Å². The molecule has 0 fully saturated rings. The normalized spacial score (nSPS) is 12.0. The topological polar surface area (TPSA) is 172 Å². The molecular weight excluding hydrogens is 321 g/mol. The molecule has 0 spiro atoms. The molecule has 80 valence electrons. The van der Waals surface area contributed by atoms with Gasteiger partial charge in [0.05, 0.1) is 0 Å². The molecule has 0 rings (SSSR count). The summed E-state index contributed by atoms with van der Waals surface area (Å²) in [4.78, 5) is 0. The largest absolute Gasteiger partial charge is 1.00 e. The summed E-state index contributed by atoms with van der Waals surface area (Å²) in [5, 5.41) is 0. The third kappa shape index (κ3) is 9.63. The van der Waals surface area contributed by atoms with Crippen LogP contribution in [0.5, 0.6) is 0 Å². The summed E-state index contributed by atoms with van der Waals surface area (Å²) in [5.74, 6) is 0. The van der Waals surface area contributed by atoms with Crippen molar-refractivity contribution >= 4 is 30.4 Å². The molecule has 0 saturated heterocycles. The van der Waals surface area contributed by atoms with E-state index in [0.29, 0.717) is 0 Å². The maximum atomic E-state index is 9.91. The van der Waals surface area contributed by atoms with Gasteiger partial charge in [0.2, 0.25) is 3.91 Å². The van der Waals surface area contributed by atoms with Gasteiger partial charge >= 0.3 is 88.7 Å². The van der Waals surface area contributed by atoms with E-state index >= 15 is 0 Å². The molecule has 0 radical (unpaired) electrons. The zero-order valence-corrected chi connectivity index (χ0v) is 16.9. The summed E-state index contributed by atoms with van der Waals surface area (Å²) in [7, 11) is -18.1. The van der Waals surface area contributed by atoms with Crippen LogP contribution in [0.2, 0.25) is 0 Å². The minimum Gasteiger partial charge on any atom is -0.746 e. The molecule has 0 atom stereocenters. The Hall–Kier alpha value is 2.73. The van der Waals surface area contributed by atoms with Crippen molar-refractivity contribution in [1.29, 1.82) is 0 Å². The van der Waals surface area contributed by atoms with Gasteiger partial charge in [-0.15, -0.1) is 0 Å². The molecule has 0 N–H and O–H groups in total. The first-order valence-corrected chi connectivity index (χ1v) is 6.62. The van der Waals surface area contributed by atoms with Gasteiger partial charge in [-0.05, 0) is 0 Å². The van der Waals surface area contributed by atoms with Gasteiger partial charge in [-0.2, -0.15) is 0 Å². The van der Waals surface area contributed by atoms with Crippen LogP contribution < -0.4 is 88.7 Å². The first-order chi connectivity index (χ1) is 5.37. The van der Waals surface area contributed by atoms with Crippen LogP contribution in [0, 0.1) is 0 Å². The van der Waals surface area contributed by atoms with E-state index in [0.717, 1.165) is 0 Å². The van der Waals surface area contributed by atoms with E-state index in [-0.39, 0.29) is 88.7 Å². The van der Waals surface area contributed by atoms with Gasteiger partial charge < -0.3 is 13.7 Å². The molecule has 9 nitrogen and oxygen atoms in total. The van der Waals surface area contributed by atoms with Crippen molar-refractivity contribution in [2.45, 2.75) is 3.91 Å². The molecule has 15 heteroatoms. The van der Waals surface area contributed by atoms with Gasteiger partial charge in [-0.3, -0.25) is 0 Å². The molecule has 0 aliphatic carbocycles. The van der Waals surface area contributed by atoms with Gasteiger partial charge in [0.25, 0.3) is 0 Å². The molecule has 0 aromatic carbocycles. The second-order valence-electron chi connectivity index (χ2n) is 1.77. The van der Waals surface area contributed by atoms with E-state index < -0.39 is 34.3 Å². The zero-order valence-electron chi connectivity index (χ0n) is 8.48. The van der Waals surface area contributed by atoms with Crippen LogP contribution in [0.4, 0.5) is 0 Å². The molecule has 0 heterocycles. The molecule has 0 saturated carbocycles. The smallest absolute Gasteiger partial charge is 0.746 e. The van der Waals surface area contributed by atoms with Crippen LogP contribution in [-0.4, -0.2) is 42.8 Å². The second kappa shape index (κ2) is 8.81. The predicted molar refractivity (Wildman–Crippen MR) is 32.9 cm³/mol. The average Bonchev–Trinajstić information content (AvgIpc) is 1.44. The van der Waals surface area contributed by atoms with Crippen molar-refractivity contribution in [3.8, 4) is 0 Å². The van der Waals surface area contributed by atoms with Crippen LogP contribution in [0.15, 0.2) is 0 Å². The Kier molecular flexibility index (Phi) is 14.9. The molecule has 0 unspecified atom stereocenters. The fourth-order valence-electron chi connectivity index (χ4n) is 0.433. The van der Waals surface area contributed by atoms with Gasteiger partial charge in [-0.25, -0.2) is 25.3 Å². The summed E-state index contributed by atoms with van der Waals surface area (Å²) < 4.78 is 85.2. The summed E-state index contributed by atoms with van der Waals surface area (Å²) >= 11 is 0. The van der Waals surface area contributed by atoms with Crippen molar-refractivity contribution < 1.29 is 128 Å². The second-order valence-corrected chi connectivity index (χ2v) is 7.03. The van der Waals surface area contributed by atoms with Crippen molar-refractivity contribution in [3.63, 3.8) is 0 Å². The van der Waals surface area contributed by atoms with E-state index in [2.05, 4.69) is 0 Å². The van der Waals surface area contributed by atoms with Crippen molar-refractivity contribution in [3.05, 3.63) is 0 Å². The van der Waals surface area contributed by atoms with Crippen LogP contribution in [0.25, 0.3) is 0 Å². The SMILES string of the molecule is O=S(=O)([O-])C(S(=O)(=O)[O-])S(=O)(=O)[O-].[Na+].[Na+].[Na+]. The predicted octanol–water partition coefficient (Wildman–Crippen LogP) is -12.1. The Morgan fingerprint density at radius 3 is 0.688 bits per heavy atom. The van der Waals surface area contributed by atoms with E-state index in [9.17, 15) is 38.9 Å². The van der Waals surface area contributed by atoms with Crippen molar-refractivity contribution in [2.24, 2.45) is 0 Å². The molecule has 0 aromatic rings.